The number of hydrogen-bond donors (Lipinski definition) is 1. The highest BCUT2D eigenvalue weighted by atomic mass is 32.1. The van der Waals surface area contributed by atoms with Crippen molar-refractivity contribution in [2.45, 2.75) is 52.7 Å². The lowest BCUT2D eigenvalue weighted by atomic mass is 9.78. The van der Waals surface area contributed by atoms with E-state index in [2.05, 4.69) is 65.5 Å². The summed E-state index contributed by atoms with van der Waals surface area (Å²) in [7, 11) is 1.33. The first-order valence-corrected chi connectivity index (χ1v) is 8.56. The molecule has 1 heterocycles. The van der Waals surface area contributed by atoms with Crippen molar-refractivity contribution >= 4 is 25.8 Å². The van der Waals surface area contributed by atoms with Crippen LogP contribution in [0.15, 0.2) is 17.6 Å². The van der Waals surface area contributed by atoms with E-state index in [0.717, 1.165) is 27.9 Å². The Morgan fingerprint density at radius 1 is 1.13 bits per heavy atom. The molecule has 0 N–H and O–H groups in total. The zero-order valence-electron chi connectivity index (χ0n) is 15.2. The summed E-state index contributed by atoms with van der Waals surface area (Å²) in [6.07, 6.45) is 2.12. The summed E-state index contributed by atoms with van der Waals surface area (Å²) in [5.74, 6) is 1.49. The molecule has 3 nitrogen and oxygen atoms in total. The van der Waals surface area contributed by atoms with E-state index in [4.69, 9.17) is 14.0 Å². The van der Waals surface area contributed by atoms with Gasteiger partial charge in [-0.15, -0.1) is 0 Å². The van der Waals surface area contributed by atoms with E-state index in [1.54, 1.807) is 7.11 Å². The zero-order chi connectivity index (χ0) is 17.4. The van der Waals surface area contributed by atoms with Gasteiger partial charge in [0, 0.05) is 5.75 Å². The molecule has 0 atom stereocenters. The Labute approximate surface area is 146 Å². The van der Waals surface area contributed by atoms with Gasteiger partial charge in [0.15, 0.2) is 0 Å². The van der Waals surface area contributed by atoms with Gasteiger partial charge in [-0.05, 0) is 75.8 Å². The van der Waals surface area contributed by atoms with E-state index in [1.165, 1.54) is 0 Å². The van der Waals surface area contributed by atoms with E-state index >= 15 is 0 Å². The van der Waals surface area contributed by atoms with Crippen LogP contribution in [0.4, 0.5) is 0 Å². The molecule has 126 valence electrons. The first-order chi connectivity index (χ1) is 10.6. The number of hydrogen-bond acceptors (Lipinski definition) is 4. The molecule has 1 aliphatic heterocycles. The minimum atomic E-state index is -0.362. The maximum Gasteiger partial charge on any atom is 0.491 e. The number of benzene rings is 1. The van der Waals surface area contributed by atoms with Crippen molar-refractivity contribution in [2.75, 3.05) is 12.9 Å². The molecule has 5 heteroatoms. The molecule has 1 saturated heterocycles. The molecule has 0 saturated carbocycles. The molecule has 1 fully saturated rings. The SMILES string of the molecule is COc1cc(C)c(C=C(CS)B2OC(C)(C)C(C)(C)O2)cc1C. The van der Waals surface area contributed by atoms with Crippen molar-refractivity contribution in [3.63, 3.8) is 0 Å². The maximum absolute atomic E-state index is 6.14. The fraction of sp³-hybridized carbons (Fsp3) is 0.556. The maximum atomic E-state index is 6.14. The number of ether oxygens (including phenoxy) is 1. The van der Waals surface area contributed by atoms with Crippen molar-refractivity contribution < 1.29 is 14.0 Å². The minimum absolute atomic E-state index is 0.343. The van der Waals surface area contributed by atoms with Gasteiger partial charge in [-0.2, -0.15) is 12.6 Å². The van der Waals surface area contributed by atoms with Gasteiger partial charge in [-0.25, -0.2) is 0 Å². The van der Waals surface area contributed by atoms with Crippen LogP contribution in [0.1, 0.15) is 44.4 Å². The Hall–Kier alpha value is -0.905. The van der Waals surface area contributed by atoms with Gasteiger partial charge in [0.2, 0.25) is 0 Å². The van der Waals surface area contributed by atoms with Crippen LogP contribution >= 0.6 is 12.6 Å². The fourth-order valence-corrected chi connectivity index (χ4v) is 2.81. The fourth-order valence-electron chi connectivity index (χ4n) is 2.57. The van der Waals surface area contributed by atoms with Crippen LogP contribution in [0, 0.1) is 13.8 Å². The number of methoxy groups -OCH3 is 1. The van der Waals surface area contributed by atoms with Crippen molar-refractivity contribution in [3.05, 3.63) is 34.3 Å². The minimum Gasteiger partial charge on any atom is -0.496 e. The quantitative estimate of drug-likeness (QED) is 0.659. The first kappa shape index (κ1) is 18.4. The molecule has 1 aromatic carbocycles. The molecule has 1 aliphatic rings. The molecule has 2 rings (SSSR count). The van der Waals surface area contributed by atoms with Crippen LogP contribution in [0.2, 0.25) is 0 Å². The third-order valence-electron chi connectivity index (χ3n) is 4.86. The van der Waals surface area contributed by atoms with Gasteiger partial charge < -0.3 is 14.0 Å². The second kappa shape index (κ2) is 6.54. The highest BCUT2D eigenvalue weighted by molar-refractivity contribution is 7.80. The summed E-state index contributed by atoms with van der Waals surface area (Å²) in [6, 6.07) is 4.18. The standard InChI is InChI=1S/C18H27BO3S/c1-12-9-16(20-7)13(2)8-14(12)10-15(11-23)19-21-17(3,4)18(5,6)22-19/h8-10,23H,11H2,1-7H3. The molecule has 23 heavy (non-hydrogen) atoms. The third-order valence-corrected chi connectivity index (χ3v) is 5.23. The van der Waals surface area contributed by atoms with Crippen molar-refractivity contribution in [1.29, 1.82) is 0 Å². The summed E-state index contributed by atoms with van der Waals surface area (Å²) < 4.78 is 17.7. The van der Waals surface area contributed by atoms with Crippen LogP contribution < -0.4 is 4.74 Å². The first-order valence-electron chi connectivity index (χ1n) is 7.93. The van der Waals surface area contributed by atoms with Crippen LogP contribution in [0.5, 0.6) is 5.75 Å². The lowest BCUT2D eigenvalue weighted by molar-refractivity contribution is 0.00578. The highest BCUT2D eigenvalue weighted by Gasteiger charge is 2.52. The van der Waals surface area contributed by atoms with E-state index in [-0.39, 0.29) is 18.3 Å². The van der Waals surface area contributed by atoms with Gasteiger partial charge in [-0.1, -0.05) is 6.08 Å². The predicted octanol–water partition coefficient (Wildman–Crippen LogP) is 4.26. The Balaban J connectivity index is 2.36. The molecule has 1 aromatic rings. The molecule has 0 aromatic heterocycles. The van der Waals surface area contributed by atoms with Crippen LogP contribution in [0.25, 0.3) is 6.08 Å². The number of aryl methyl sites for hydroxylation is 2. The summed E-state index contributed by atoms with van der Waals surface area (Å²) in [6.45, 7) is 12.4. The molecule has 0 amide bonds. The van der Waals surface area contributed by atoms with Gasteiger partial charge in [0.05, 0.1) is 18.3 Å². The zero-order valence-corrected chi connectivity index (χ0v) is 16.1. The topological polar surface area (TPSA) is 27.7 Å². The van der Waals surface area contributed by atoms with Crippen LogP contribution in [-0.4, -0.2) is 31.2 Å². The van der Waals surface area contributed by atoms with E-state index < -0.39 is 0 Å². The van der Waals surface area contributed by atoms with E-state index in [0.29, 0.717) is 5.75 Å². The smallest absolute Gasteiger partial charge is 0.491 e. The normalized spacial score (nSPS) is 20.0. The highest BCUT2D eigenvalue weighted by Crippen LogP contribution is 2.39. The average Bonchev–Trinajstić information content (AvgIpc) is 2.67. The molecule has 0 spiro atoms. The molecule has 0 radical (unpaired) electrons. The van der Waals surface area contributed by atoms with Gasteiger partial charge in [0.1, 0.15) is 5.75 Å². The molecular formula is C18H27BO3S. The number of rotatable bonds is 4. The van der Waals surface area contributed by atoms with Gasteiger partial charge >= 0.3 is 7.12 Å². The van der Waals surface area contributed by atoms with Crippen LogP contribution in [-0.2, 0) is 9.31 Å². The summed E-state index contributed by atoms with van der Waals surface area (Å²) in [5.41, 5.74) is 3.75. The van der Waals surface area contributed by atoms with Crippen molar-refractivity contribution in [2.24, 2.45) is 0 Å². The van der Waals surface area contributed by atoms with Crippen LogP contribution in [0.3, 0.4) is 0 Å². The molecule has 0 aliphatic carbocycles. The molecule has 0 bridgehead atoms. The summed E-state index contributed by atoms with van der Waals surface area (Å²) in [5, 5.41) is 0. The lowest BCUT2D eigenvalue weighted by Crippen LogP contribution is -2.41. The van der Waals surface area contributed by atoms with Crippen molar-refractivity contribution in [1.82, 2.24) is 0 Å². The predicted molar refractivity (Wildman–Crippen MR) is 100 cm³/mol. The Kier molecular flexibility index (Phi) is 5.24. The summed E-state index contributed by atoms with van der Waals surface area (Å²) in [4.78, 5) is 0. The second-order valence-corrected chi connectivity index (χ2v) is 7.46. The average molecular weight is 334 g/mol. The largest absolute Gasteiger partial charge is 0.496 e. The molecule has 0 unspecified atom stereocenters. The molecular weight excluding hydrogens is 307 g/mol. The number of thiol groups is 1. The van der Waals surface area contributed by atoms with Gasteiger partial charge in [-0.3, -0.25) is 0 Å². The summed E-state index contributed by atoms with van der Waals surface area (Å²) >= 11 is 4.48. The lowest BCUT2D eigenvalue weighted by Gasteiger charge is -2.32. The Morgan fingerprint density at radius 2 is 1.70 bits per heavy atom. The van der Waals surface area contributed by atoms with E-state index in [1.807, 2.05) is 6.92 Å². The van der Waals surface area contributed by atoms with Crippen molar-refractivity contribution in [3.8, 4) is 5.75 Å². The Bertz CT molecular complexity index is 607. The van der Waals surface area contributed by atoms with E-state index in [9.17, 15) is 0 Å². The van der Waals surface area contributed by atoms with Gasteiger partial charge in [0.25, 0.3) is 0 Å². The monoisotopic (exact) mass is 334 g/mol. The third kappa shape index (κ3) is 3.62. The second-order valence-electron chi connectivity index (χ2n) is 7.14. The Morgan fingerprint density at radius 3 is 2.17 bits per heavy atom.